The zero-order valence-electron chi connectivity index (χ0n) is 10.1. The highest BCUT2D eigenvalue weighted by Gasteiger charge is 2.43. The molecule has 0 aliphatic carbocycles. The Labute approximate surface area is 116 Å². The molecule has 5 heteroatoms. The van der Waals surface area contributed by atoms with Crippen LogP contribution < -0.4 is 0 Å². The van der Waals surface area contributed by atoms with E-state index in [1.807, 2.05) is 4.90 Å². The first kappa shape index (κ1) is 13.7. The van der Waals surface area contributed by atoms with Gasteiger partial charge in [0.15, 0.2) is 0 Å². The molecule has 18 heavy (non-hydrogen) atoms. The quantitative estimate of drug-likeness (QED) is 0.926. The predicted octanol–water partition coefficient (Wildman–Crippen LogP) is 3.43. The fourth-order valence-electron chi connectivity index (χ4n) is 2.39. The Balaban J connectivity index is 2.26. The average molecular weight is 288 g/mol. The molecule has 1 heterocycles. The summed E-state index contributed by atoms with van der Waals surface area (Å²) in [5, 5.41) is 10.5. The van der Waals surface area contributed by atoms with Gasteiger partial charge in [0.25, 0.3) is 0 Å². The van der Waals surface area contributed by atoms with E-state index in [4.69, 9.17) is 23.2 Å². The van der Waals surface area contributed by atoms with E-state index in [0.717, 1.165) is 18.5 Å². The molecule has 1 aromatic rings. The predicted molar refractivity (Wildman–Crippen MR) is 72.1 cm³/mol. The van der Waals surface area contributed by atoms with Crippen LogP contribution >= 0.6 is 23.2 Å². The van der Waals surface area contributed by atoms with Crippen LogP contribution in [0.1, 0.15) is 25.3 Å². The monoisotopic (exact) mass is 287 g/mol. The Morgan fingerprint density at radius 2 is 2.06 bits per heavy atom. The van der Waals surface area contributed by atoms with Gasteiger partial charge in [0.2, 0.25) is 0 Å². The fraction of sp³-hybridized carbons (Fsp3) is 0.462. The standard InChI is InChI=1S/C13H15Cl2NO2/c1-13(12(17)18)6-3-7-16(13)8-9-10(14)4-2-5-11(9)15/h2,4-5H,3,6-8H2,1H3,(H,17,18). The molecule has 1 aromatic carbocycles. The fourth-order valence-corrected chi connectivity index (χ4v) is 2.91. The van der Waals surface area contributed by atoms with E-state index in [2.05, 4.69) is 0 Å². The molecule has 3 nitrogen and oxygen atoms in total. The van der Waals surface area contributed by atoms with E-state index in [1.165, 1.54) is 0 Å². The highest BCUT2D eigenvalue weighted by atomic mass is 35.5. The van der Waals surface area contributed by atoms with Gasteiger partial charge < -0.3 is 5.11 Å². The van der Waals surface area contributed by atoms with Crippen molar-refractivity contribution in [2.45, 2.75) is 31.8 Å². The number of benzene rings is 1. The number of likely N-dealkylation sites (tertiary alicyclic amines) is 1. The van der Waals surface area contributed by atoms with Crippen LogP contribution in [0.2, 0.25) is 10.0 Å². The lowest BCUT2D eigenvalue weighted by molar-refractivity contribution is -0.148. The number of halogens is 2. The second-order valence-corrected chi connectivity index (χ2v) is 5.62. The number of carboxylic acids is 1. The second-order valence-electron chi connectivity index (χ2n) is 4.80. The lowest BCUT2D eigenvalue weighted by Crippen LogP contribution is -2.47. The van der Waals surface area contributed by atoms with Gasteiger partial charge in [-0.15, -0.1) is 0 Å². The molecule has 0 aromatic heterocycles. The van der Waals surface area contributed by atoms with Crippen molar-refractivity contribution in [1.29, 1.82) is 0 Å². The van der Waals surface area contributed by atoms with Crippen molar-refractivity contribution >= 4 is 29.2 Å². The molecule has 0 spiro atoms. The molecule has 1 fully saturated rings. The molecule has 1 atom stereocenters. The molecule has 0 amide bonds. The zero-order valence-corrected chi connectivity index (χ0v) is 11.6. The van der Waals surface area contributed by atoms with Crippen molar-refractivity contribution in [3.63, 3.8) is 0 Å². The SMILES string of the molecule is CC1(C(=O)O)CCCN1Cc1c(Cl)cccc1Cl. The smallest absolute Gasteiger partial charge is 0.323 e. The topological polar surface area (TPSA) is 40.5 Å². The first-order valence-corrected chi connectivity index (χ1v) is 6.62. The van der Waals surface area contributed by atoms with Crippen LogP contribution in [0.5, 0.6) is 0 Å². The third-order valence-electron chi connectivity index (χ3n) is 3.66. The minimum atomic E-state index is -0.817. The van der Waals surface area contributed by atoms with Gasteiger partial charge in [0, 0.05) is 22.2 Å². The number of carbonyl (C=O) groups is 1. The van der Waals surface area contributed by atoms with Crippen molar-refractivity contribution < 1.29 is 9.90 Å². The first-order valence-electron chi connectivity index (χ1n) is 5.86. The maximum absolute atomic E-state index is 11.4. The minimum absolute atomic E-state index is 0.474. The van der Waals surface area contributed by atoms with E-state index in [9.17, 15) is 9.90 Å². The number of hydrogen-bond acceptors (Lipinski definition) is 2. The summed E-state index contributed by atoms with van der Waals surface area (Å²) in [5.41, 5.74) is -0.0158. The van der Waals surface area contributed by atoms with Gasteiger partial charge in [-0.25, -0.2) is 0 Å². The van der Waals surface area contributed by atoms with Crippen LogP contribution in [0.25, 0.3) is 0 Å². The molecule has 0 saturated carbocycles. The van der Waals surface area contributed by atoms with E-state index < -0.39 is 11.5 Å². The van der Waals surface area contributed by atoms with E-state index in [0.29, 0.717) is 23.0 Å². The summed E-state index contributed by atoms with van der Waals surface area (Å²) in [6.07, 6.45) is 1.54. The van der Waals surface area contributed by atoms with Gasteiger partial charge in [0.1, 0.15) is 5.54 Å². The van der Waals surface area contributed by atoms with E-state index in [1.54, 1.807) is 25.1 Å². The molecular weight excluding hydrogens is 273 g/mol. The Hall–Kier alpha value is -0.770. The molecule has 1 aliphatic heterocycles. The molecule has 98 valence electrons. The number of hydrogen-bond donors (Lipinski definition) is 1. The highest BCUT2D eigenvalue weighted by molar-refractivity contribution is 6.35. The Morgan fingerprint density at radius 1 is 1.44 bits per heavy atom. The molecule has 1 saturated heterocycles. The summed E-state index contributed by atoms with van der Waals surface area (Å²) >= 11 is 12.2. The Kier molecular flexibility index (Phi) is 3.85. The van der Waals surface area contributed by atoms with Crippen LogP contribution in [-0.4, -0.2) is 28.1 Å². The summed E-state index contributed by atoms with van der Waals surface area (Å²) in [6.45, 7) is 2.98. The van der Waals surface area contributed by atoms with Gasteiger partial charge >= 0.3 is 5.97 Å². The van der Waals surface area contributed by atoms with Crippen LogP contribution in [-0.2, 0) is 11.3 Å². The van der Waals surface area contributed by atoms with Gasteiger partial charge in [0.05, 0.1) is 0 Å². The lowest BCUT2D eigenvalue weighted by atomic mass is 9.99. The zero-order chi connectivity index (χ0) is 13.3. The largest absolute Gasteiger partial charge is 0.480 e. The highest BCUT2D eigenvalue weighted by Crippen LogP contribution is 2.34. The summed E-state index contributed by atoms with van der Waals surface area (Å²) in [7, 11) is 0. The summed E-state index contributed by atoms with van der Waals surface area (Å²) in [4.78, 5) is 13.3. The third kappa shape index (κ3) is 2.35. The van der Waals surface area contributed by atoms with Gasteiger partial charge in [-0.1, -0.05) is 29.3 Å². The maximum atomic E-state index is 11.4. The molecule has 1 unspecified atom stereocenters. The average Bonchev–Trinajstić information content (AvgIpc) is 2.67. The molecule has 0 radical (unpaired) electrons. The molecule has 1 N–H and O–H groups in total. The van der Waals surface area contributed by atoms with Crippen LogP contribution in [0.4, 0.5) is 0 Å². The summed E-state index contributed by atoms with van der Waals surface area (Å²) in [6, 6.07) is 5.34. The van der Waals surface area contributed by atoms with E-state index >= 15 is 0 Å². The van der Waals surface area contributed by atoms with Gasteiger partial charge in [-0.2, -0.15) is 0 Å². The second kappa shape index (κ2) is 5.08. The Morgan fingerprint density at radius 3 is 2.61 bits per heavy atom. The van der Waals surface area contributed by atoms with Crippen molar-refractivity contribution in [2.75, 3.05) is 6.54 Å². The van der Waals surface area contributed by atoms with Crippen LogP contribution in [0.3, 0.4) is 0 Å². The maximum Gasteiger partial charge on any atom is 0.323 e. The normalized spacial score (nSPS) is 24.4. The van der Waals surface area contributed by atoms with Crippen LogP contribution in [0, 0.1) is 0 Å². The molecular formula is C13H15Cl2NO2. The molecule has 2 rings (SSSR count). The Bertz CT molecular complexity index is 458. The number of carboxylic acid groups (broad SMARTS) is 1. The van der Waals surface area contributed by atoms with Gasteiger partial charge in [-0.05, 0) is 38.4 Å². The van der Waals surface area contributed by atoms with Crippen molar-refractivity contribution in [3.05, 3.63) is 33.8 Å². The summed E-state index contributed by atoms with van der Waals surface area (Å²) < 4.78 is 0. The van der Waals surface area contributed by atoms with Crippen molar-refractivity contribution in [3.8, 4) is 0 Å². The van der Waals surface area contributed by atoms with Gasteiger partial charge in [-0.3, -0.25) is 9.69 Å². The number of rotatable bonds is 3. The van der Waals surface area contributed by atoms with Crippen molar-refractivity contribution in [2.24, 2.45) is 0 Å². The number of aliphatic carboxylic acids is 1. The third-order valence-corrected chi connectivity index (χ3v) is 4.37. The molecule has 0 bridgehead atoms. The molecule has 1 aliphatic rings. The first-order chi connectivity index (χ1) is 8.45. The number of nitrogens with zero attached hydrogens (tertiary/aromatic N) is 1. The lowest BCUT2D eigenvalue weighted by Gasteiger charge is -2.31. The van der Waals surface area contributed by atoms with Crippen molar-refractivity contribution in [1.82, 2.24) is 4.90 Å². The van der Waals surface area contributed by atoms with Crippen LogP contribution in [0.15, 0.2) is 18.2 Å². The summed E-state index contributed by atoms with van der Waals surface area (Å²) in [5.74, 6) is -0.789. The minimum Gasteiger partial charge on any atom is -0.480 e. The van der Waals surface area contributed by atoms with E-state index in [-0.39, 0.29) is 0 Å².